The Morgan fingerprint density at radius 1 is 1.05 bits per heavy atom. The van der Waals surface area contributed by atoms with E-state index >= 15 is 0 Å². The summed E-state index contributed by atoms with van der Waals surface area (Å²) in [4.78, 5) is 8.99. The zero-order chi connectivity index (χ0) is 28.5. The van der Waals surface area contributed by atoms with Crippen molar-refractivity contribution in [1.82, 2.24) is 5.01 Å². The molecule has 0 spiro atoms. The quantitative estimate of drug-likeness (QED) is 0.217. The van der Waals surface area contributed by atoms with Crippen molar-refractivity contribution in [3.8, 4) is 5.75 Å². The highest BCUT2D eigenvalue weighted by molar-refractivity contribution is 8.13. The second-order valence-corrected chi connectivity index (χ2v) is 10.2. The van der Waals surface area contributed by atoms with Crippen molar-refractivity contribution in [2.45, 2.75) is 32.5 Å². The molecule has 0 aliphatic carbocycles. The summed E-state index contributed by atoms with van der Waals surface area (Å²) in [5, 5.41) is 18.5. The molecule has 11 heteroatoms. The fraction of sp³-hybridized carbons (Fsp3) is 0.241. The van der Waals surface area contributed by atoms with Crippen LogP contribution in [0.15, 0.2) is 87.9 Å². The third-order valence-corrected chi connectivity index (χ3v) is 6.84. The first-order valence-electron chi connectivity index (χ1n) is 12.6. The third-order valence-electron chi connectivity index (χ3n) is 5.78. The van der Waals surface area contributed by atoms with Crippen LogP contribution in [0, 0.1) is 5.41 Å². The van der Waals surface area contributed by atoms with Crippen LogP contribution in [0.3, 0.4) is 0 Å². The SMILES string of the molecule is CC(C)c1ccccc1/N=C1\SCCCN1/N=C/c1ccc(C(=N)/N=C\Nc2ccc(OC(F)(F)F)cc2)cc1. The van der Waals surface area contributed by atoms with Crippen molar-refractivity contribution in [2.24, 2.45) is 15.1 Å². The summed E-state index contributed by atoms with van der Waals surface area (Å²) in [7, 11) is 0. The number of aliphatic imine (C=N–C) groups is 2. The second-order valence-electron chi connectivity index (χ2n) is 9.12. The van der Waals surface area contributed by atoms with Crippen molar-refractivity contribution < 1.29 is 17.9 Å². The van der Waals surface area contributed by atoms with Crippen LogP contribution in [-0.4, -0.2) is 47.2 Å². The topological polar surface area (TPSA) is 85.4 Å². The summed E-state index contributed by atoms with van der Waals surface area (Å²) in [6, 6.07) is 20.7. The number of anilines is 1. The summed E-state index contributed by atoms with van der Waals surface area (Å²) in [6.07, 6.45) is -0.638. The zero-order valence-electron chi connectivity index (χ0n) is 22.0. The maximum absolute atomic E-state index is 12.3. The van der Waals surface area contributed by atoms with Crippen LogP contribution in [-0.2, 0) is 0 Å². The van der Waals surface area contributed by atoms with E-state index < -0.39 is 6.36 Å². The van der Waals surface area contributed by atoms with E-state index in [9.17, 15) is 13.2 Å². The summed E-state index contributed by atoms with van der Waals surface area (Å²) in [5.74, 6) is 1.08. The first kappa shape index (κ1) is 28.9. The van der Waals surface area contributed by atoms with Crippen LogP contribution in [0.2, 0.25) is 0 Å². The molecule has 1 aliphatic rings. The highest BCUT2D eigenvalue weighted by Crippen LogP contribution is 2.29. The molecule has 3 aromatic carbocycles. The van der Waals surface area contributed by atoms with E-state index in [2.05, 4.69) is 40.1 Å². The predicted octanol–water partition coefficient (Wildman–Crippen LogP) is 7.63. The Morgan fingerprint density at radius 3 is 2.48 bits per heavy atom. The molecule has 3 aromatic rings. The van der Waals surface area contributed by atoms with E-state index in [1.807, 2.05) is 35.3 Å². The van der Waals surface area contributed by atoms with Gasteiger partial charge in [0, 0.05) is 23.5 Å². The van der Waals surface area contributed by atoms with Crippen LogP contribution in [0.4, 0.5) is 24.5 Å². The molecule has 0 aromatic heterocycles. The van der Waals surface area contributed by atoms with Crippen LogP contribution in [0.1, 0.15) is 42.9 Å². The lowest BCUT2D eigenvalue weighted by Gasteiger charge is -2.25. The zero-order valence-corrected chi connectivity index (χ0v) is 22.8. The molecule has 40 heavy (non-hydrogen) atoms. The van der Waals surface area contributed by atoms with Gasteiger partial charge in [0.15, 0.2) is 11.0 Å². The van der Waals surface area contributed by atoms with Crippen molar-refractivity contribution in [1.29, 1.82) is 5.41 Å². The molecular weight excluding hydrogens is 537 g/mol. The predicted molar refractivity (Wildman–Crippen MR) is 158 cm³/mol. The van der Waals surface area contributed by atoms with Gasteiger partial charge in [0.05, 0.1) is 18.2 Å². The fourth-order valence-corrected chi connectivity index (χ4v) is 4.69. The minimum atomic E-state index is -4.74. The van der Waals surface area contributed by atoms with Crippen LogP contribution in [0.25, 0.3) is 0 Å². The van der Waals surface area contributed by atoms with Crippen molar-refractivity contribution >= 4 is 46.7 Å². The Bertz CT molecular complexity index is 1390. The number of thioether (sulfide) groups is 1. The Labute approximate surface area is 235 Å². The summed E-state index contributed by atoms with van der Waals surface area (Å²) < 4.78 is 40.7. The number of nitrogens with one attached hydrogen (secondary N) is 2. The Balaban J connectivity index is 1.36. The number of ether oxygens (including phenoxy) is 1. The van der Waals surface area contributed by atoms with Gasteiger partial charge in [0.25, 0.3) is 0 Å². The molecule has 0 saturated carbocycles. The van der Waals surface area contributed by atoms with Gasteiger partial charge in [0.2, 0.25) is 0 Å². The van der Waals surface area contributed by atoms with E-state index in [1.54, 1.807) is 30.1 Å². The molecule has 0 amide bonds. The van der Waals surface area contributed by atoms with Gasteiger partial charge in [-0.3, -0.25) is 5.41 Å². The number of halogens is 3. The molecule has 1 saturated heterocycles. The number of alkyl halides is 3. The highest BCUT2D eigenvalue weighted by atomic mass is 32.2. The van der Waals surface area contributed by atoms with Crippen LogP contribution < -0.4 is 10.1 Å². The number of hydrazone groups is 1. The number of rotatable bonds is 8. The lowest BCUT2D eigenvalue weighted by atomic mass is 10.0. The Morgan fingerprint density at radius 2 is 1.77 bits per heavy atom. The summed E-state index contributed by atoms with van der Waals surface area (Å²) in [6.45, 7) is 5.11. The van der Waals surface area contributed by atoms with Crippen LogP contribution >= 0.6 is 11.8 Å². The van der Waals surface area contributed by atoms with E-state index in [-0.39, 0.29) is 11.6 Å². The molecule has 0 radical (unpaired) electrons. The number of hydrogen-bond acceptors (Lipinski definition) is 5. The van der Waals surface area contributed by atoms with Gasteiger partial charge >= 0.3 is 6.36 Å². The molecule has 0 atom stereocenters. The number of hydrogen-bond donors (Lipinski definition) is 2. The first-order chi connectivity index (χ1) is 19.2. The van der Waals surface area contributed by atoms with E-state index in [0.717, 1.165) is 35.1 Å². The van der Waals surface area contributed by atoms with Gasteiger partial charge in [0.1, 0.15) is 5.75 Å². The molecule has 7 nitrogen and oxygen atoms in total. The average Bonchev–Trinajstić information content (AvgIpc) is 2.93. The van der Waals surface area contributed by atoms with Crippen molar-refractivity contribution in [3.63, 3.8) is 0 Å². The molecule has 2 N–H and O–H groups in total. The largest absolute Gasteiger partial charge is 0.573 e. The first-order valence-corrected chi connectivity index (χ1v) is 13.6. The monoisotopic (exact) mass is 566 g/mol. The number of amidine groups is 2. The number of benzene rings is 3. The van der Waals surface area contributed by atoms with Gasteiger partial charge in [-0.25, -0.2) is 15.0 Å². The summed E-state index contributed by atoms with van der Waals surface area (Å²) in [5.41, 5.74) is 4.15. The van der Waals surface area contributed by atoms with Gasteiger partial charge < -0.3 is 10.1 Å². The molecule has 1 fully saturated rings. The summed E-state index contributed by atoms with van der Waals surface area (Å²) >= 11 is 1.70. The molecule has 0 bridgehead atoms. The molecule has 4 rings (SSSR count). The standard InChI is InChI=1S/C29H29F3N6OS/c1-20(2)25-6-3-4-7-26(25)37-28-38(16-5-17-40-28)36-18-21-8-10-22(11-9-21)27(33)35-19-34-23-12-14-24(15-13-23)39-29(30,31)32/h3-4,6-15,18-20H,5,16-17H2,1-2H3,(H2,33,34,35)/b36-18+,37-28-. The van der Waals surface area contributed by atoms with Crippen molar-refractivity contribution in [3.05, 3.63) is 89.5 Å². The normalized spacial score (nSPS) is 15.3. The number of para-hydroxylation sites is 1. The Hall–Kier alpha value is -4.12. The van der Waals surface area contributed by atoms with E-state index in [4.69, 9.17) is 10.4 Å². The van der Waals surface area contributed by atoms with Gasteiger partial charge in [-0.2, -0.15) is 5.10 Å². The Kier molecular flexibility index (Phi) is 9.60. The van der Waals surface area contributed by atoms with E-state index in [0.29, 0.717) is 17.2 Å². The van der Waals surface area contributed by atoms with Crippen LogP contribution in [0.5, 0.6) is 5.75 Å². The third kappa shape index (κ3) is 8.44. The fourth-order valence-electron chi connectivity index (χ4n) is 3.79. The minimum Gasteiger partial charge on any atom is -0.406 e. The molecule has 208 valence electrons. The second kappa shape index (κ2) is 13.3. The van der Waals surface area contributed by atoms with E-state index in [1.165, 1.54) is 36.2 Å². The molecule has 1 heterocycles. The number of nitrogens with zero attached hydrogens (tertiary/aromatic N) is 4. The molecule has 1 aliphatic heterocycles. The molecular formula is C29H29F3N6OS. The van der Waals surface area contributed by atoms with Gasteiger partial charge in [-0.1, -0.05) is 68.1 Å². The smallest absolute Gasteiger partial charge is 0.406 e. The maximum atomic E-state index is 12.3. The van der Waals surface area contributed by atoms with Crippen molar-refractivity contribution in [2.75, 3.05) is 17.6 Å². The maximum Gasteiger partial charge on any atom is 0.573 e. The van der Waals surface area contributed by atoms with Gasteiger partial charge in [-0.15, -0.1) is 13.2 Å². The molecule has 0 unspecified atom stereocenters. The lowest BCUT2D eigenvalue weighted by Crippen LogP contribution is -2.29. The highest BCUT2D eigenvalue weighted by Gasteiger charge is 2.30. The van der Waals surface area contributed by atoms with Gasteiger partial charge in [-0.05, 0) is 53.8 Å². The lowest BCUT2D eigenvalue weighted by molar-refractivity contribution is -0.274. The average molecular weight is 567 g/mol. The minimum absolute atomic E-state index is 0.0266.